The van der Waals surface area contributed by atoms with Gasteiger partial charge in [-0.15, -0.1) is 0 Å². The Balaban J connectivity index is 1.62. The highest BCUT2D eigenvalue weighted by Gasteiger charge is 2.44. The van der Waals surface area contributed by atoms with Gasteiger partial charge in [0, 0.05) is 50.0 Å². The van der Waals surface area contributed by atoms with Crippen LogP contribution < -0.4 is 9.46 Å². The van der Waals surface area contributed by atoms with Crippen LogP contribution in [0.1, 0.15) is 36.4 Å². The molecule has 2 atom stereocenters. The quantitative estimate of drug-likeness (QED) is 0.575. The molecule has 2 aromatic heterocycles. The number of halogens is 3. The summed E-state index contributed by atoms with van der Waals surface area (Å²) in [5.74, 6) is -4.38. The fourth-order valence-electron chi connectivity index (χ4n) is 3.98. The van der Waals surface area contributed by atoms with Crippen LogP contribution in [-0.2, 0) is 17.1 Å². The second-order valence-corrected chi connectivity index (χ2v) is 9.64. The van der Waals surface area contributed by atoms with Crippen LogP contribution in [0.25, 0.3) is 0 Å². The molecule has 1 aliphatic rings. The third-order valence-corrected chi connectivity index (χ3v) is 7.00. The molecule has 1 aromatic carbocycles. The number of ether oxygens (including phenoxy) is 1. The average molecular weight is 482 g/mol. The minimum Gasteiger partial charge on any atom is -0.489 e. The Morgan fingerprint density at radius 2 is 2.03 bits per heavy atom. The molecule has 33 heavy (non-hydrogen) atoms. The molecule has 1 saturated carbocycles. The summed E-state index contributed by atoms with van der Waals surface area (Å²) in [5.41, 5.74) is 1.03. The highest BCUT2D eigenvalue weighted by Crippen LogP contribution is 2.43. The van der Waals surface area contributed by atoms with Crippen molar-refractivity contribution in [3.63, 3.8) is 0 Å². The molecule has 0 saturated heterocycles. The van der Waals surface area contributed by atoms with Crippen molar-refractivity contribution in [1.82, 2.24) is 19.7 Å². The smallest absolute Gasteiger partial charge is 0.265 e. The van der Waals surface area contributed by atoms with E-state index in [1.165, 1.54) is 19.2 Å². The molecule has 0 spiro atoms. The summed E-state index contributed by atoms with van der Waals surface area (Å²) in [6.07, 6.45) is 2.46. The van der Waals surface area contributed by atoms with Crippen molar-refractivity contribution >= 4 is 15.8 Å². The van der Waals surface area contributed by atoms with Crippen molar-refractivity contribution in [2.45, 2.75) is 49.0 Å². The summed E-state index contributed by atoms with van der Waals surface area (Å²) >= 11 is 0. The van der Waals surface area contributed by atoms with Gasteiger partial charge in [0.25, 0.3) is 15.9 Å². The van der Waals surface area contributed by atoms with Gasteiger partial charge in [0.2, 0.25) is 0 Å². The number of hydrogen-bond donors (Lipinski definition) is 1. The molecule has 1 N–H and O–H groups in total. The molecule has 4 rings (SSSR count). The number of rotatable bonds is 6. The Kier molecular flexibility index (Phi) is 6.04. The summed E-state index contributed by atoms with van der Waals surface area (Å²) in [5, 5.41) is 4.11. The standard InChI is InChI=1S/C21H22F3N5O3S/c1-13-9-19(33(30,31)28-20-5-7-25-12-26-20)15(22)10-17(13)32-18-11-21(23,24)6-3-14(18)16-4-8-27-29(16)2/h4-5,7-10,12,14,18H,3,6,11H2,1-2H3,(H,25,26,28)/t14?,18-/m0/s1. The van der Waals surface area contributed by atoms with E-state index in [0.717, 1.165) is 24.2 Å². The molecule has 1 fully saturated rings. The van der Waals surface area contributed by atoms with Gasteiger partial charge in [-0.2, -0.15) is 5.10 Å². The zero-order valence-electron chi connectivity index (χ0n) is 17.9. The Bertz CT molecular complexity index is 1250. The Morgan fingerprint density at radius 1 is 1.24 bits per heavy atom. The maximum Gasteiger partial charge on any atom is 0.265 e. The third-order valence-electron chi connectivity index (χ3n) is 5.63. The zero-order chi connectivity index (χ0) is 23.8. The summed E-state index contributed by atoms with van der Waals surface area (Å²) in [4.78, 5) is 6.85. The van der Waals surface area contributed by atoms with Crippen LogP contribution in [-0.4, -0.2) is 40.2 Å². The van der Waals surface area contributed by atoms with Crippen LogP contribution in [0, 0.1) is 12.7 Å². The summed E-state index contributed by atoms with van der Waals surface area (Å²) in [7, 11) is -2.57. The Hall–Kier alpha value is -3.15. The van der Waals surface area contributed by atoms with Crippen LogP contribution in [0.4, 0.5) is 19.0 Å². The number of hydrogen-bond acceptors (Lipinski definition) is 6. The molecule has 3 aromatic rings. The molecule has 0 bridgehead atoms. The summed E-state index contributed by atoms with van der Waals surface area (Å²) in [6.45, 7) is 1.53. The molecule has 1 aliphatic carbocycles. The lowest BCUT2D eigenvalue weighted by atomic mass is 9.82. The van der Waals surface area contributed by atoms with Gasteiger partial charge in [-0.25, -0.2) is 31.6 Å². The van der Waals surface area contributed by atoms with Crippen molar-refractivity contribution in [1.29, 1.82) is 0 Å². The van der Waals surface area contributed by atoms with E-state index in [1.807, 2.05) is 0 Å². The van der Waals surface area contributed by atoms with Crippen molar-refractivity contribution in [2.24, 2.45) is 7.05 Å². The molecule has 176 valence electrons. The van der Waals surface area contributed by atoms with Gasteiger partial charge in [0.05, 0.1) is 0 Å². The fourth-order valence-corrected chi connectivity index (χ4v) is 5.13. The highest BCUT2D eigenvalue weighted by molar-refractivity contribution is 7.92. The third kappa shape index (κ3) is 4.95. The monoisotopic (exact) mass is 481 g/mol. The number of nitrogens with zero attached hydrogens (tertiary/aromatic N) is 4. The van der Waals surface area contributed by atoms with Crippen molar-refractivity contribution in [3.8, 4) is 5.75 Å². The van der Waals surface area contributed by atoms with E-state index in [9.17, 15) is 21.6 Å². The molecule has 0 aliphatic heterocycles. The number of alkyl halides is 2. The SMILES string of the molecule is Cc1cc(S(=O)(=O)Nc2ccncn2)c(F)cc1O[C@H]1CC(F)(F)CCC1c1ccnn1C. The van der Waals surface area contributed by atoms with E-state index in [-0.39, 0.29) is 35.9 Å². The predicted molar refractivity (Wildman–Crippen MR) is 113 cm³/mol. The second-order valence-electron chi connectivity index (χ2n) is 7.99. The fraction of sp³-hybridized carbons (Fsp3) is 0.381. The van der Waals surface area contributed by atoms with Gasteiger partial charge in [-0.1, -0.05) is 0 Å². The summed E-state index contributed by atoms with van der Waals surface area (Å²) < 4.78 is 78.2. The first-order valence-electron chi connectivity index (χ1n) is 10.2. The second kappa shape index (κ2) is 8.65. The van der Waals surface area contributed by atoms with E-state index in [1.54, 1.807) is 24.0 Å². The number of aromatic nitrogens is 4. The predicted octanol–water partition coefficient (Wildman–Crippen LogP) is 3.81. The van der Waals surface area contributed by atoms with E-state index in [2.05, 4.69) is 19.8 Å². The van der Waals surface area contributed by atoms with Crippen LogP contribution >= 0.6 is 0 Å². The Labute approximate surface area is 188 Å². The number of benzene rings is 1. The minimum atomic E-state index is -4.29. The molecule has 0 radical (unpaired) electrons. The number of anilines is 1. The van der Waals surface area contributed by atoms with Crippen LogP contribution in [0.5, 0.6) is 5.75 Å². The van der Waals surface area contributed by atoms with Crippen molar-refractivity contribution in [2.75, 3.05) is 4.72 Å². The van der Waals surface area contributed by atoms with Gasteiger partial charge in [-0.05, 0) is 37.1 Å². The van der Waals surface area contributed by atoms with E-state index in [0.29, 0.717) is 0 Å². The van der Waals surface area contributed by atoms with E-state index < -0.39 is 39.2 Å². The lowest BCUT2D eigenvalue weighted by Gasteiger charge is -2.36. The van der Waals surface area contributed by atoms with Crippen LogP contribution in [0.15, 0.2) is 47.9 Å². The maximum absolute atomic E-state index is 14.9. The molecular weight excluding hydrogens is 459 g/mol. The molecule has 12 heteroatoms. The van der Waals surface area contributed by atoms with Gasteiger partial charge in [0.15, 0.2) is 0 Å². The molecule has 0 amide bonds. The topological polar surface area (TPSA) is 99.0 Å². The van der Waals surface area contributed by atoms with Crippen molar-refractivity contribution < 1.29 is 26.3 Å². The average Bonchev–Trinajstić information content (AvgIpc) is 3.16. The lowest BCUT2D eigenvalue weighted by Crippen LogP contribution is -2.39. The number of aryl methyl sites for hydroxylation is 2. The van der Waals surface area contributed by atoms with Gasteiger partial charge in [-0.3, -0.25) is 9.40 Å². The number of nitrogens with one attached hydrogen (secondary N) is 1. The number of sulfonamides is 1. The van der Waals surface area contributed by atoms with E-state index in [4.69, 9.17) is 4.74 Å². The van der Waals surface area contributed by atoms with Crippen molar-refractivity contribution in [3.05, 3.63) is 60.1 Å². The Morgan fingerprint density at radius 3 is 2.70 bits per heavy atom. The normalized spacial score (nSPS) is 20.4. The first-order valence-corrected chi connectivity index (χ1v) is 11.7. The minimum absolute atomic E-state index is 0.00311. The van der Waals surface area contributed by atoms with Crippen LogP contribution in [0.3, 0.4) is 0 Å². The maximum atomic E-state index is 14.9. The van der Waals surface area contributed by atoms with Gasteiger partial charge < -0.3 is 4.74 Å². The molecule has 8 nitrogen and oxygen atoms in total. The van der Waals surface area contributed by atoms with E-state index >= 15 is 0 Å². The molecular formula is C21H22F3N5O3S. The summed E-state index contributed by atoms with van der Waals surface area (Å²) in [6, 6.07) is 5.08. The van der Waals surface area contributed by atoms with Gasteiger partial charge >= 0.3 is 0 Å². The van der Waals surface area contributed by atoms with Gasteiger partial charge in [0.1, 0.15) is 34.7 Å². The largest absolute Gasteiger partial charge is 0.489 e. The first kappa shape index (κ1) is 23.0. The molecule has 1 unspecified atom stereocenters. The zero-order valence-corrected chi connectivity index (χ0v) is 18.7. The molecule has 2 heterocycles. The first-order chi connectivity index (χ1) is 15.6. The van der Waals surface area contributed by atoms with Crippen LogP contribution in [0.2, 0.25) is 0 Å². The lowest BCUT2D eigenvalue weighted by molar-refractivity contribution is -0.0782. The highest BCUT2D eigenvalue weighted by atomic mass is 32.2.